The van der Waals surface area contributed by atoms with Crippen molar-refractivity contribution < 1.29 is 82.0 Å². The Morgan fingerprint density at radius 1 is 0.594 bits per heavy atom. The highest BCUT2D eigenvalue weighted by Gasteiger charge is 2.54. The predicted octanol–water partition coefficient (Wildman–Crippen LogP) is 7.25. The summed E-state index contributed by atoms with van der Waals surface area (Å²) in [6, 6.07) is 0. The number of allylic oxidation sites excluding steroid dienone is 8. The highest BCUT2D eigenvalue weighted by atomic mass is 31.2. The third-order valence-electron chi connectivity index (χ3n) is 10.2. The van der Waals surface area contributed by atoms with Gasteiger partial charge in [0.05, 0.1) is 12.7 Å². The first-order chi connectivity index (χ1) is 30.5. The lowest BCUT2D eigenvalue weighted by atomic mass is 9.85. The van der Waals surface area contributed by atoms with E-state index in [2.05, 4.69) is 11.4 Å². The first-order valence-electron chi connectivity index (χ1n) is 22.9. The summed E-state index contributed by atoms with van der Waals surface area (Å²) in [6.45, 7) is 2.81. The average Bonchev–Trinajstić information content (AvgIpc) is 3.24. The zero-order valence-electron chi connectivity index (χ0n) is 37.8. The van der Waals surface area contributed by atoms with Crippen molar-refractivity contribution in [1.29, 1.82) is 0 Å². The Kier molecular flexibility index (Phi) is 33.4. The molecular weight excluding hydrogens is 874 g/mol. The van der Waals surface area contributed by atoms with E-state index in [0.717, 1.165) is 38.5 Å². The maximum atomic E-state index is 13.0. The van der Waals surface area contributed by atoms with E-state index >= 15 is 0 Å². The molecule has 370 valence electrons. The second-order valence-electron chi connectivity index (χ2n) is 15.9. The fourth-order valence-corrected chi connectivity index (χ4v) is 8.15. The summed E-state index contributed by atoms with van der Waals surface area (Å²) in [6.07, 6.45) is 22.5. The molecule has 0 amide bonds. The SMILES string of the molecule is CC/C=C\C(O)C/C=C/C=C\C/C=C\C/C=C\CCCC(=O)OC[C@H](COP(=O)(O)O[C@H]1C(O)C(O)C(O)[C@@H](OP(=O)(O)O)C1O)OC(=O)CCCCCCCCCCCCCCC. The summed E-state index contributed by atoms with van der Waals surface area (Å²) in [7, 11) is -10.7. The van der Waals surface area contributed by atoms with Crippen LogP contribution < -0.4 is 0 Å². The topological polar surface area (TPSA) is 276 Å². The second-order valence-corrected chi connectivity index (χ2v) is 18.5. The fraction of sp³-hybridized carbons (Fsp3) is 0.733. The molecule has 8 N–H and O–H groups in total. The molecule has 1 fully saturated rings. The van der Waals surface area contributed by atoms with E-state index in [1.54, 1.807) is 6.08 Å². The smallest absolute Gasteiger partial charge is 0.462 e. The van der Waals surface area contributed by atoms with E-state index in [1.807, 2.05) is 61.6 Å². The average molecular weight is 953 g/mol. The Hall–Kier alpha value is -2.34. The lowest BCUT2D eigenvalue weighted by molar-refractivity contribution is -0.216. The van der Waals surface area contributed by atoms with E-state index in [9.17, 15) is 49.1 Å². The monoisotopic (exact) mass is 952 g/mol. The summed E-state index contributed by atoms with van der Waals surface area (Å²) >= 11 is 0. The summed E-state index contributed by atoms with van der Waals surface area (Å²) in [4.78, 5) is 54.2. The van der Waals surface area contributed by atoms with Gasteiger partial charge in [0.2, 0.25) is 0 Å². The highest BCUT2D eigenvalue weighted by molar-refractivity contribution is 7.47. The van der Waals surface area contributed by atoms with Gasteiger partial charge in [-0.3, -0.25) is 23.2 Å². The molecule has 17 nitrogen and oxygen atoms in total. The molecule has 0 saturated heterocycles. The van der Waals surface area contributed by atoms with Crippen LogP contribution in [0.2, 0.25) is 0 Å². The largest absolute Gasteiger partial charge is 0.472 e. The molecule has 0 heterocycles. The molecule has 0 aliphatic heterocycles. The Labute approximate surface area is 380 Å². The third-order valence-corrected chi connectivity index (χ3v) is 11.7. The summed E-state index contributed by atoms with van der Waals surface area (Å²) < 4.78 is 49.2. The Bertz CT molecular complexity index is 1490. The van der Waals surface area contributed by atoms with E-state index in [4.69, 9.17) is 28.3 Å². The molecule has 9 atom stereocenters. The molecular formula is C45H78O17P2. The van der Waals surface area contributed by atoms with Gasteiger partial charge in [0.25, 0.3) is 0 Å². The number of ether oxygens (including phenoxy) is 2. The Balaban J connectivity index is 2.66. The van der Waals surface area contributed by atoms with Crippen LogP contribution in [0.25, 0.3) is 0 Å². The van der Waals surface area contributed by atoms with Gasteiger partial charge in [0, 0.05) is 12.8 Å². The van der Waals surface area contributed by atoms with Crippen LogP contribution in [-0.4, -0.2) is 114 Å². The van der Waals surface area contributed by atoms with Gasteiger partial charge >= 0.3 is 27.6 Å². The van der Waals surface area contributed by atoms with Gasteiger partial charge in [0.15, 0.2) is 6.10 Å². The van der Waals surface area contributed by atoms with Gasteiger partial charge in [-0.1, -0.05) is 152 Å². The van der Waals surface area contributed by atoms with Crippen molar-refractivity contribution >= 4 is 27.6 Å². The summed E-state index contributed by atoms with van der Waals surface area (Å²) in [5.74, 6) is -1.30. The quantitative estimate of drug-likeness (QED) is 0.0100. The number of esters is 2. The molecule has 64 heavy (non-hydrogen) atoms. The number of phosphoric acid groups is 2. The number of aliphatic hydroxyl groups is 5. The van der Waals surface area contributed by atoms with Crippen LogP contribution in [-0.2, 0) is 41.8 Å². The first-order valence-corrected chi connectivity index (χ1v) is 26.0. The van der Waals surface area contributed by atoms with Crippen LogP contribution in [0.4, 0.5) is 0 Å². The lowest BCUT2D eigenvalue weighted by Crippen LogP contribution is -2.64. The molecule has 1 aliphatic carbocycles. The normalized spacial score (nSPS) is 22.8. The number of aliphatic hydroxyl groups excluding tert-OH is 5. The van der Waals surface area contributed by atoms with E-state index < -0.39 is 89.6 Å². The lowest BCUT2D eigenvalue weighted by Gasteiger charge is -2.43. The van der Waals surface area contributed by atoms with E-state index in [1.165, 1.54) is 51.4 Å². The molecule has 1 saturated carbocycles. The van der Waals surface area contributed by atoms with Gasteiger partial charge < -0.3 is 49.7 Å². The zero-order valence-corrected chi connectivity index (χ0v) is 39.6. The summed E-state index contributed by atoms with van der Waals surface area (Å²) in [5, 5.41) is 51.0. The minimum Gasteiger partial charge on any atom is -0.462 e. The van der Waals surface area contributed by atoms with E-state index in [-0.39, 0.29) is 12.8 Å². The van der Waals surface area contributed by atoms with Crippen LogP contribution in [0.1, 0.15) is 149 Å². The van der Waals surface area contributed by atoms with Crippen LogP contribution in [0.15, 0.2) is 60.8 Å². The minimum absolute atomic E-state index is 0.0237. The molecule has 0 aromatic rings. The molecule has 6 unspecified atom stereocenters. The molecule has 19 heteroatoms. The Morgan fingerprint density at radius 2 is 1.12 bits per heavy atom. The van der Waals surface area contributed by atoms with Crippen LogP contribution in [0.3, 0.4) is 0 Å². The third kappa shape index (κ3) is 30.0. The predicted molar refractivity (Wildman–Crippen MR) is 242 cm³/mol. The van der Waals surface area contributed by atoms with Crippen molar-refractivity contribution in [2.24, 2.45) is 0 Å². The molecule has 1 rings (SSSR count). The number of rotatable bonds is 37. The fourth-order valence-electron chi connectivity index (χ4n) is 6.61. The molecule has 0 radical (unpaired) electrons. The maximum absolute atomic E-state index is 13.0. The number of phosphoric ester groups is 2. The van der Waals surface area contributed by atoms with Crippen molar-refractivity contribution in [3.05, 3.63) is 60.8 Å². The number of carbonyl (C=O) groups is 2. The van der Waals surface area contributed by atoms with Gasteiger partial charge in [0.1, 0.15) is 43.2 Å². The highest BCUT2D eigenvalue weighted by Crippen LogP contribution is 2.49. The van der Waals surface area contributed by atoms with Crippen molar-refractivity contribution in [3.63, 3.8) is 0 Å². The zero-order chi connectivity index (χ0) is 47.6. The van der Waals surface area contributed by atoms with Crippen molar-refractivity contribution in [1.82, 2.24) is 0 Å². The number of hydrogen-bond donors (Lipinski definition) is 8. The van der Waals surface area contributed by atoms with Crippen molar-refractivity contribution in [2.45, 2.75) is 198 Å². The standard InChI is InChI=1S/C45H78O17P2/c1-3-5-7-8-9-10-11-12-17-20-23-26-29-33-39(48)60-37(35-59-64(56,57)62-45-42(51)40(49)41(50)44(43(45)52)61-63(53,54)55)34-58-38(47)32-28-25-22-19-16-14-13-15-18-21-24-27-31-36(46)30-6-4-2/h6,13-14,18-19,21-22,24,27,30,36-37,40-46,49-52H,3-5,7-12,15-17,20,23,25-26,28-29,31-35H2,1-2H3,(H,56,57)(H2,53,54,55)/b14-13-,21-18-,22-19-,27-24+,30-6-/t36?,37-,40?,41?,42?,43?,44-,45+/m1/s1. The van der Waals surface area contributed by atoms with Crippen LogP contribution in [0, 0.1) is 0 Å². The number of hydrogen-bond acceptors (Lipinski definition) is 14. The minimum atomic E-state index is -5.37. The van der Waals surface area contributed by atoms with E-state index in [0.29, 0.717) is 32.1 Å². The number of unbranched alkanes of at least 4 members (excludes halogenated alkanes) is 13. The molecule has 0 aromatic carbocycles. The molecule has 0 aromatic heterocycles. The van der Waals surface area contributed by atoms with Crippen molar-refractivity contribution in [2.75, 3.05) is 13.2 Å². The maximum Gasteiger partial charge on any atom is 0.472 e. The second kappa shape index (κ2) is 35.8. The molecule has 0 spiro atoms. The number of carbonyl (C=O) groups excluding carboxylic acids is 2. The molecule has 1 aliphatic rings. The van der Waals surface area contributed by atoms with Crippen LogP contribution in [0.5, 0.6) is 0 Å². The molecule has 0 bridgehead atoms. The summed E-state index contributed by atoms with van der Waals surface area (Å²) in [5.41, 5.74) is 0. The Morgan fingerprint density at radius 3 is 1.72 bits per heavy atom. The van der Waals surface area contributed by atoms with Gasteiger partial charge in [-0.2, -0.15) is 0 Å². The van der Waals surface area contributed by atoms with Gasteiger partial charge in [-0.15, -0.1) is 0 Å². The van der Waals surface area contributed by atoms with Crippen LogP contribution >= 0.6 is 15.6 Å². The van der Waals surface area contributed by atoms with Crippen molar-refractivity contribution in [3.8, 4) is 0 Å². The van der Waals surface area contributed by atoms with Gasteiger partial charge in [-0.05, 0) is 44.9 Å². The first kappa shape index (κ1) is 59.7. The van der Waals surface area contributed by atoms with Gasteiger partial charge in [-0.25, -0.2) is 9.13 Å².